The number of nitrogens with zero attached hydrogens (tertiary/aromatic N) is 1. The van der Waals surface area contributed by atoms with Crippen molar-refractivity contribution in [1.29, 1.82) is 5.26 Å². The van der Waals surface area contributed by atoms with Crippen LogP contribution >= 0.6 is 0 Å². The lowest BCUT2D eigenvalue weighted by atomic mass is 10.0. The number of ketones is 1. The van der Waals surface area contributed by atoms with Crippen molar-refractivity contribution in [3.05, 3.63) is 65.2 Å². The van der Waals surface area contributed by atoms with Gasteiger partial charge in [0.2, 0.25) is 0 Å². The van der Waals surface area contributed by atoms with Crippen LogP contribution < -0.4 is 4.74 Å². The molecule has 0 aliphatic rings. The molecule has 0 N–H and O–H groups in total. The Morgan fingerprint density at radius 2 is 1.83 bits per heavy atom. The van der Waals surface area contributed by atoms with E-state index in [9.17, 15) is 4.79 Å². The molecule has 0 unspecified atom stereocenters. The van der Waals surface area contributed by atoms with Crippen molar-refractivity contribution in [2.75, 3.05) is 7.11 Å². The molecule has 0 bridgehead atoms. The summed E-state index contributed by atoms with van der Waals surface area (Å²) in [5, 5.41) is 8.99. The van der Waals surface area contributed by atoms with E-state index >= 15 is 0 Å². The van der Waals surface area contributed by atoms with Gasteiger partial charge in [0, 0.05) is 11.1 Å². The summed E-state index contributed by atoms with van der Waals surface area (Å²) in [6.07, 6.45) is 0. The first-order valence-electron chi connectivity index (χ1n) is 5.44. The molecule has 0 aromatic heterocycles. The smallest absolute Gasteiger partial charge is 0.193 e. The summed E-state index contributed by atoms with van der Waals surface area (Å²) in [6, 6.07) is 15.8. The molecular weight excluding hydrogens is 226 g/mol. The van der Waals surface area contributed by atoms with E-state index in [0.29, 0.717) is 22.4 Å². The van der Waals surface area contributed by atoms with Gasteiger partial charge >= 0.3 is 0 Å². The quantitative estimate of drug-likeness (QED) is 0.771. The van der Waals surface area contributed by atoms with Crippen LogP contribution in [0.2, 0.25) is 0 Å². The summed E-state index contributed by atoms with van der Waals surface area (Å²) in [4.78, 5) is 12.2. The summed E-state index contributed by atoms with van der Waals surface area (Å²) in [5.74, 6) is 0.372. The van der Waals surface area contributed by atoms with Crippen molar-refractivity contribution < 1.29 is 9.53 Å². The molecule has 0 saturated carbocycles. The zero-order valence-electron chi connectivity index (χ0n) is 9.88. The minimum atomic E-state index is -0.102. The van der Waals surface area contributed by atoms with Crippen molar-refractivity contribution in [2.24, 2.45) is 0 Å². The number of nitriles is 1. The van der Waals surface area contributed by atoms with Crippen LogP contribution in [0.3, 0.4) is 0 Å². The third-order valence-electron chi connectivity index (χ3n) is 2.62. The highest BCUT2D eigenvalue weighted by Gasteiger charge is 2.11. The molecule has 0 saturated heterocycles. The van der Waals surface area contributed by atoms with Crippen LogP contribution in [-0.2, 0) is 0 Å². The van der Waals surface area contributed by atoms with E-state index in [-0.39, 0.29) is 5.78 Å². The minimum Gasteiger partial charge on any atom is -0.495 e. The SMILES string of the molecule is COc1ccc(C(=O)c2ccccc2)cc1C#N. The Kier molecular flexibility index (Phi) is 3.40. The average molecular weight is 237 g/mol. The maximum absolute atomic E-state index is 12.2. The largest absolute Gasteiger partial charge is 0.495 e. The fourth-order valence-corrected chi connectivity index (χ4v) is 1.69. The summed E-state index contributed by atoms with van der Waals surface area (Å²) >= 11 is 0. The van der Waals surface area contributed by atoms with Crippen LogP contribution in [0.4, 0.5) is 0 Å². The molecule has 0 amide bonds. The van der Waals surface area contributed by atoms with Gasteiger partial charge in [-0.3, -0.25) is 4.79 Å². The maximum atomic E-state index is 12.2. The van der Waals surface area contributed by atoms with E-state index in [1.54, 1.807) is 30.3 Å². The van der Waals surface area contributed by atoms with E-state index in [1.165, 1.54) is 7.11 Å². The average Bonchev–Trinajstić information content (AvgIpc) is 2.46. The Hall–Kier alpha value is -2.60. The first-order valence-corrected chi connectivity index (χ1v) is 5.44. The topological polar surface area (TPSA) is 50.1 Å². The molecule has 2 rings (SSSR count). The molecule has 0 atom stereocenters. The number of hydrogen-bond donors (Lipinski definition) is 0. The second kappa shape index (κ2) is 5.15. The number of benzene rings is 2. The molecular formula is C15H11NO2. The van der Waals surface area contributed by atoms with Gasteiger partial charge in [-0.25, -0.2) is 0 Å². The van der Waals surface area contributed by atoms with Crippen molar-refractivity contribution in [3.8, 4) is 11.8 Å². The summed E-state index contributed by atoms with van der Waals surface area (Å²) in [7, 11) is 1.49. The summed E-state index contributed by atoms with van der Waals surface area (Å²) in [5.41, 5.74) is 1.45. The third-order valence-corrected chi connectivity index (χ3v) is 2.62. The Balaban J connectivity index is 2.41. The van der Waals surface area contributed by atoms with Crippen LogP contribution in [0.1, 0.15) is 21.5 Å². The molecule has 88 valence electrons. The standard InChI is InChI=1S/C15H11NO2/c1-18-14-8-7-12(9-13(14)10-16)15(17)11-5-3-2-4-6-11/h2-9H,1H3. The van der Waals surface area contributed by atoms with Gasteiger partial charge in [0.25, 0.3) is 0 Å². The molecule has 0 aliphatic carbocycles. The van der Waals surface area contributed by atoms with Crippen LogP contribution in [-0.4, -0.2) is 12.9 Å². The number of rotatable bonds is 3. The van der Waals surface area contributed by atoms with Crippen LogP contribution in [0.25, 0.3) is 0 Å². The van der Waals surface area contributed by atoms with Gasteiger partial charge < -0.3 is 4.74 Å². The number of hydrogen-bond acceptors (Lipinski definition) is 3. The first-order chi connectivity index (χ1) is 8.76. The Bertz CT molecular complexity index is 612. The van der Waals surface area contributed by atoms with E-state index in [1.807, 2.05) is 24.3 Å². The van der Waals surface area contributed by atoms with Gasteiger partial charge in [-0.2, -0.15) is 5.26 Å². The van der Waals surface area contributed by atoms with Crippen molar-refractivity contribution >= 4 is 5.78 Å². The van der Waals surface area contributed by atoms with Crippen LogP contribution in [0, 0.1) is 11.3 Å². The van der Waals surface area contributed by atoms with E-state index in [4.69, 9.17) is 10.00 Å². The van der Waals surface area contributed by atoms with E-state index in [0.717, 1.165) is 0 Å². The molecule has 0 heterocycles. The van der Waals surface area contributed by atoms with Gasteiger partial charge in [0.05, 0.1) is 12.7 Å². The molecule has 0 spiro atoms. The van der Waals surface area contributed by atoms with Crippen molar-refractivity contribution in [3.63, 3.8) is 0 Å². The fraction of sp³-hybridized carbons (Fsp3) is 0.0667. The lowest BCUT2D eigenvalue weighted by molar-refractivity contribution is 0.103. The lowest BCUT2D eigenvalue weighted by Gasteiger charge is -2.05. The van der Waals surface area contributed by atoms with Gasteiger partial charge in [-0.15, -0.1) is 0 Å². The number of methoxy groups -OCH3 is 1. The maximum Gasteiger partial charge on any atom is 0.193 e. The van der Waals surface area contributed by atoms with Gasteiger partial charge in [-0.1, -0.05) is 30.3 Å². The monoisotopic (exact) mass is 237 g/mol. The number of carbonyl (C=O) groups excluding carboxylic acids is 1. The van der Waals surface area contributed by atoms with Crippen LogP contribution in [0.15, 0.2) is 48.5 Å². The second-order valence-corrected chi connectivity index (χ2v) is 3.72. The summed E-state index contributed by atoms with van der Waals surface area (Å²) < 4.78 is 5.04. The van der Waals surface area contributed by atoms with Gasteiger partial charge in [-0.05, 0) is 18.2 Å². The molecule has 0 radical (unpaired) electrons. The first kappa shape index (κ1) is 11.9. The van der Waals surface area contributed by atoms with Gasteiger partial charge in [0.15, 0.2) is 5.78 Å². The number of carbonyl (C=O) groups is 1. The highest BCUT2D eigenvalue weighted by molar-refractivity contribution is 6.09. The normalized spacial score (nSPS) is 9.56. The number of ether oxygens (including phenoxy) is 1. The molecule has 3 heteroatoms. The molecule has 0 fully saturated rings. The predicted octanol–water partition coefficient (Wildman–Crippen LogP) is 2.80. The Morgan fingerprint density at radius 1 is 1.11 bits per heavy atom. The zero-order valence-corrected chi connectivity index (χ0v) is 9.88. The summed E-state index contributed by atoms with van der Waals surface area (Å²) in [6.45, 7) is 0. The highest BCUT2D eigenvalue weighted by Crippen LogP contribution is 2.20. The molecule has 3 nitrogen and oxygen atoms in total. The Morgan fingerprint density at radius 3 is 2.44 bits per heavy atom. The minimum absolute atomic E-state index is 0.102. The Labute approximate surface area is 105 Å². The highest BCUT2D eigenvalue weighted by atomic mass is 16.5. The second-order valence-electron chi connectivity index (χ2n) is 3.72. The van der Waals surface area contributed by atoms with Crippen LogP contribution in [0.5, 0.6) is 5.75 Å². The lowest BCUT2D eigenvalue weighted by Crippen LogP contribution is -2.02. The molecule has 18 heavy (non-hydrogen) atoms. The zero-order chi connectivity index (χ0) is 13.0. The van der Waals surface area contributed by atoms with E-state index < -0.39 is 0 Å². The third kappa shape index (κ3) is 2.23. The fourth-order valence-electron chi connectivity index (χ4n) is 1.69. The van der Waals surface area contributed by atoms with Gasteiger partial charge in [0.1, 0.15) is 11.8 Å². The van der Waals surface area contributed by atoms with E-state index in [2.05, 4.69) is 0 Å². The van der Waals surface area contributed by atoms with Crippen molar-refractivity contribution in [2.45, 2.75) is 0 Å². The predicted molar refractivity (Wildman–Crippen MR) is 67.6 cm³/mol. The molecule has 0 aliphatic heterocycles. The van der Waals surface area contributed by atoms with Crippen molar-refractivity contribution in [1.82, 2.24) is 0 Å². The molecule has 2 aromatic carbocycles. The molecule has 2 aromatic rings.